The molecular formula is C7H10F2N2. The molecule has 4 heteroatoms. The van der Waals surface area contributed by atoms with Gasteiger partial charge in [-0.1, -0.05) is 0 Å². The van der Waals surface area contributed by atoms with Gasteiger partial charge in [-0.3, -0.25) is 0 Å². The van der Waals surface area contributed by atoms with Gasteiger partial charge in [0, 0.05) is 18.9 Å². The third kappa shape index (κ3) is 1.87. The van der Waals surface area contributed by atoms with Crippen molar-refractivity contribution in [3.63, 3.8) is 0 Å². The first-order valence-electron chi connectivity index (χ1n) is 3.58. The van der Waals surface area contributed by atoms with E-state index < -0.39 is 11.8 Å². The highest BCUT2D eigenvalue weighted by Gasteiger charge is 2.40. The maximum absolute atomic E-state index is 12.6. The summed E-state index contributed by atoms with van der Waals surface area (Å²) in [6, 6.07) is 1.44. The number of alkyl halides is 2. The molecule has 1 aliphatic rings. The molecule has 62 valence electrons. The van der Waals surface area contributed by atoms with Crippen LogP contribution in [0.15, 0.2) is 0 Å². The Morgan fingerprint density at radius 2 is 2.18 bits per heavy atom. The van der Waals surface area contributed by atoms with Crippen molar-refractivity contribution in [3.05, 3.63) is 0 Å². The molecule has 0 spiro atoms. The summed E-state index contributed by atoms with van der Waals surface area (Å²) < 4.78 is 25.2. The average Bonchev–Trinajstić information content (AvgIpc) is 1.94. The maximum atomic E-state index is 12.6. The van der Waals surface area contributed by atoms with Crippen molar-refractivity contribution >= 4 is 0 Å². The Morgan fingerprint density at radius 3 is 2.64 bits per heavy atom. The van der Waals surface area contributed by atoms with Crippen LogP contribution in [-0.4, -0.2) is 12.0 Å². The Labute approximate surface area is 64.0 Å². The molecule has 0 aromatic carbocycles. The fraction of sp³-hybridized carbons (Fsp3) is 0.857. The zero-order valence-corrected chi connectivity index (χ0v) is 6.06. The molecule has 1 saturated carbocycles. The van der Waals surface area contributed by atoms with E-state index in [0.717, 1.165) is 0 Å². The molecular weight excluding hydrogens is 150 g/mol. The lowest BCUT2D eigenvalue weighted by molar-refractivity contribution is -0.0490. The van der Waals surface area contributed by atoms with Gasteiger partial charge in [-0.25, -0.2) is 8.78 Å². The number of halogens is 2. The van der Waals surface area contributed by atoms with E-state index in [1.165, 1.54) is 0 Å². The Kier molecular flexibility index (Phi) is 2.10. The fourth-order valence-electron chi connectivity index (χ4n) is 1.30. The van der Waals surface area contributed by atoms with Crippen LogP contribution in [0.5, 0.6) is 0 Å². The summed E-state index contributed by atoms with van der Waals surface area (Å²) in [6.45, 7) is 0. The van der Waals surface area contributed by atoms with Gasteiger partial charge in [0.2, 0.25) is 5.92 Å². The van der Waals surface area contributed by atoms with Gasteiger partial charge in [-0.2, -0.15) is 5.26 Å². The van der Waals surface area contributed by atoms with E-state index >= 15 is 0 Å². The van der Waals surface area contributed by atoms with Crippen molar-refractivity contribution in [2.24, 2.45) is 11.7 Å². The molecule has 0 aromatic heterocycles. The number of hydrogen-bond donors (Lipinski definition) is 1. The number of rotatable bonds is 0. The van der Waals surface area contributed by atoms with Gasteiger partial charge < -0.3 is 5.73 Å². The number of nitrogens with two attached hydrogens (primary N) is 1. The van der Waals surface area contributed by atoms with E-state index in [0.29, 0.717) is 0 Å². The molecule has 1 fully saturated rings. The Hall–Kier alpha value is -0.690. The van der Waals surface area contributed by atoms with Crippen LogP contribution in [-0.2, 0) is 0 Å². The van der Waals surface area contributed by atoms with Gasteiger partial charge in [0.15, 0.2) is 0 Å². The van der Waals surface area contributed by atoms with Crippen LogP contribution >= 0.6 is 0 Å². The van der Waals surface area contributed by atoms with Gasteiger partial charge in [0.25, 0.3) is 0 Å². The van der Waals surface area contributed by atoms with Crippen molar-refractivity contribution in [2.45, 2.75) is 31.2 Å². The topological polar surface area (TPSA) is 49.8 Å². The highest BCUT2D eigenvalue weighted by atomic mass is 19.3. The molecule has 0 aliphatic heterocycles. The van der Waals surface area contributed by atoms with Gasteiger partial charge in [0.1, 0.15) is 0 Å². The fourth-order valence-corrected chi connectivity index (χ4v) is 1.30. The van der Waals surface area contributed by atoms with Gasteiger partial charge >= 0.3 is 0 Å². The first-order valence-corrected chi connectivity index (χ1v) is 3.58. The Morgan fingerprint density at radius 1 is 1.55 bits per heavy atom. The third-order valence-corrected chi connectivity index (χ3v) is 2.04. The second-order valence-electron chi connectivity index (χ2n) is 3.00. The zero-order chi connectivity index (χ0) is 8.48. The molecule has 0 radical (unpaired) electrons. The molecule has 0 bridgehead atoms. The van der Waals surface area contributed by atoms with Crippen LogP contribution in [0.4, 0.5) is 8.78 Å². The third-order valence-electron chi connectivity index (χ3n) is 2.04. The van der Waals surface area contributed by atoms with Crippen molar-refractivity contribution in [2.75, 3.05) is 0 Å². The lowest BCUT2D eigenvalue weighted by atomic mass is 9.84. The summed E-state index contributed by atoms with van der Waals surface area (Å²) in [6.07, 6.45) is -0.289. The summed E-state index contributed by atoms with van der Waals surface area (Å²) in [5, 5.41) is 8.43. The van der Waals surface area contributed by atoms with E-state index in [1.807, 2.05) is 0 Å². The van der Waals surface area contributed by atoms with Crippen molar-refractivity contribution in [3.8, 4) is 6.07 Å². The van der Waals surface area contributed by atoms with Gasteiger partial charge in [-0.05, 0) is 6.42 Å². The molecule has 2 nitrogen and oxygen atoms in total. The summed E-state index contributed by atoms with van der Waals surface area (Å²) in [5.74, 6) is -3.34. The van der Waals surface area contributed by atoms with E-state index in [9.17, 15) is 8.78 Å². The lowest BCUT2D eigenvalue weighted by Gasteiger charge is -2.29. The summed E-state index contributed by atoms with van der Waals surface area (Å²) in [4.78, 5) is 0. The highest BCUT2D eigenvalue weighted by molar-refractivity contribution is 4.97. The minimum absolute atomic E-state index is 0.174. The first-order chi connectivity index (χ1) is 5.05. The van der Waals surface area contributed by atoms with Gasteiger partial charge in [-0.15, -0.1) is 0 Å². The quantitative estimate of drug-likeness (QED) is 0.580. The normalized spacial score (nSPS) is 36.2. The maximum Gasteiger partial charge on any atom is 0.249 e. The highest BCUT2D eigenvalue weighted by Crippen LogP contribution is 2.35. The first kappa shape index (κ1) is 8.41. The molecule has 11 heavy (non-hydrogen) atoms. The van der Waals surface area contributed by atoms with Crippen LogP contribution in [0.3, 0.4) is 0 Å². The predicted octanol–water partition coefficient (Wildman–Crippen LogP) is 1.27. The summed E-state index contributed by atoms with van der Waals surface area (Å²) in [7, 11) is 0. The molecule has 1 aliphatic carbocycles. The van der Waals surface area contributed by atoms with Gasteiger partial charge in [0.05, 0.1) is 12.0 Å². The molecule has 2 atom stereocenters. The van der Waals surface area contributed by atoms with Crippen LogP contribution in [0.1, 0.15) is 19.3 Å². The van der Waals surface area contributed by atoms with Crippen molar-refractivity contribution in [1.82, 2.24) is 0 Å². The second kappa shape index (κ2) is 2.74. The standard InChI is InChI=1S/C7H10F2N2/c8-7(9)2-1-6(11)5(3-7)4-10/h5-6H,1-3,11H2. The Bertz CT molecular complexity index is 185. The lowest BCUT2D eigenvalue weighted by Crippen LogP contribution is -2.40. The van der Waals surface area contributed by atoms with E-state index in [2.05, 4.69) is 0 Å². The SMILES string of the molecule is N#CC1CC(F)(F)CCC1N. The average molecular weight is 160 g/mol. The van der Waals surface area contributed by atoms with E-state index in [-0.39, 0.29) is 25.3 Å². The van der Waals surface area contributed by atoms with E-state index in [4.69, 9.17) is 11.0 Å². The van der Waals surface area contributed by atoms with Crippen molar-refractivity contribution in [1.29, 1.82) is 5.26 Å². The number of nitrogens with zero attached hydrogens (tertiary/aromatic N) is 1. The Balaban J connectivity index is 2.60. The van der Waals surface area contributed by atoms with Crippen LogP contribution in [0.25, 0.3) is 0 Å². The number of hydrogen-bond acceptors (Lipinski definition) is 2. The molecule has 0 aromatic rings. The van der Waals surface area contributed by atoms with Crippen LogP contribution in [0.2, 0.25) is 0 Å². The molecule has 0 saturated heterocycles. The minimum atomic E-state index is -2.67. The number of nitriles is 1. The molecule has 2 N–H and O–H groups in total. The molecule has 2 unspecified atom stereocenters. The van der Waals surface area contributed by atoms with Crippen molar-refractivity contribution < 1.29 is 8.78 Å². The monoisotopic (exact) mass is 160 g/mol. The van der Waals surface area contributed by atoms with Crippen LogP contribution in [0, 0.1) is 17.2 Å². The smallest absolute Gasteiger partial charge is 0.249 e. The minimum Gasteiger partial charge on any atom is -0.327 e. The van der Waals surface area contributed by atoms with E-state index in [1.54, 1.807) is 6.07 Å². The predicted molar refractivity (Wildman–Crippen MR) is 35.9 cm³/mol. The molecule has 1 rings (SSSR count). The summed E-state index contributed by atoms with van der Waals surface area (Å²) in [5.41, 5.74) is 5.45. The molecule has 0 heterocycles. The largest absolute Gasteiger partial charge is 0.327 e. The zero-order valence-electron chi connectivity index (χ0n) is 6.06. The molecule has 0 amide bonds. The second-order valence-corrected chi connectivity index (χ2v) is 3.00. The summed E-state index contributed by atoms with van der Waals surface area (Å²) >= 11 is 0. The van der Waals surface area contributed by atoms with Crippen LogP contribution < -0.4 is 5.73 Å².